The van der Waals surface area contributed by atoms with Gasteiger partial charge in [0.25, 0.3) is 0 Å². The molecule has 4 aliphatic rings. The second-order valence-corrected chi connectivity index (χ2v) is 11.6. The van der Waals surface area contributed by atoms with Crippen LogP contribution in [-0.2, 0) is 26.2 Å². The van der Waals surface area contributed by atoms with Crippen LogP contribution >= 0.6 is 46.4 Å². The van der Waals surface area contributed by atoms with E-state index in [0.29, 0.717) is 0 Å². The molecule has 0 bridgehead atoms. The summed E-state index contributed by atoms with van der Waals surface area (Å²) < 4.78 is 0. The standard InChI is InChI=1S/2C12H11Cl2.C6H4.2ClH.Zr/c2*1-8-4-3-5-9-6-12(2,11(13)14)7-10(8)9;1-2-6-4-3-5(1)6;;;/h2*3-6,11H,1-2H3;1-4H;2*1H;/q2*-1;;;;+2/p-2. The number of halogens is 6. The molecule has 0 saturated heterocycles. The van der Waals surface area contributed by atoms with Gasteiger partial charge in [-0.1, -0.05) is 64.1 Å². The number of hydrogen-bond donors (Lipinski definition) is 0. The maximum atomic E-state index is 5.94. The summed E-state index contributed by atoms with van der Waals surface area (Å²) in [6.45, 7) is 8.14. The summed E-state index contributed by atoms with van der Waals surface area (Å²) in [5.74, 6) is 0. The first-order valence-electron chi connectivity index (χ1n) is 11.2. The Morgan fingerprint density at radius 1 is 0.595 bits per heavy atom. The predicted molar refractivity (Wildman–Crippen MR) is 148 cm³/mol. The Hall–Kier alpha value is -0.237. The van der Waals surface area contributed by atoms with E-state index in [2.05, 4.69) is 86.7 Å². The predicted octanol–water partition coefficient (Wildman–Crippen LogP) is -0.194. The van der Waals surface area contributed by atoms with Gasteiger partial charge in [-0.3, -0.25) is 0 Å². The van der Waals surface area contributed by atoms with Crippen molar-refractivity contribution in [2.24, 2.45) is 10.8 Å². The van der Waals surface area contributed by atoms with Crippen LogP contribution in [0.4, 0.5) is 0 Å². The second kappa shape index (κ2) is 13.9. The molecule has 194 valence electrons. The zero-order valence-corrected chi connectivity index (χ0v) is 27.8. The summed E-state index contributed by atoms with van der Waals surface area (Å²) in [6.07, 6.45) is 10.9. The van der Waals surface area contributed by atoms with Crippen LogP contribution in [0.25, 0.3) is 24.3 Å². The van der Waals surface area contributed by atoms with Gasteiger partial charge in [-0.2, -0.15) is 33.7 Å². The van der Waals surface area contributed by atoms with E-state index in [1.54, 1.807) is 0 Å². The van der Waals surface area contributed by atoms with E-state index in [9.17, 15) is 0 Å². The molecule has 0 aliphatic heterocycles. The minimum atomic E-state index is -0.450. The molecule has 0 saturated carbocycles. The van der Waals surface area contributed by atoms with E-state index < -0.39 is 9.67 Å². The fourth-order valence-corrected chi connectivity index (χ4v) is 4.59. The van der Waals surface area contributed by atoms with Gasteiger partial charge in [-0.05, 0) is 21.3 Å². The van der Waals surface area contributed by atoms with Gasteiger partial charge >= 0.3 is 26.2 Å². The van der Waals surface area contributed by atoms with Gasteiger partial charge in [0.1, 0.15) is 9.67 Å². The molecule has 0 nitrogen and oxygen atoms in total. The molecule has 2 unspecified atom stereocenters. The maximum absolute atomic E-state index is 5.94. The van der Waals surface area contributed by atoms with E-state index in [1.165, 1.54) is 32.0 Å². The normalized spacial score (nSPS) is 20.3. The molecule has 7 heteroatoms. The Labute approximate surface area is 270 Å². The molecule has 0 amide bonds. The third-order valence-electron chi connectivity index (χ3n) is 6.43. The monoisotopic (exact) mass is 686 g/mol. The van der Waals surface area contributed by atoms with Crippen LogP contribution in [-0.4, -0.2) is 9.67 Å². The zero-order valence-electron chi connectivity index (χ0n) is 20.9. The fourth-order valence-electron chi connectivity index (χ4n) is 4.12. The minimum absolute atomic E-state index is 0. The van der Waals surface area contributed by atoms with Crippen molar-refractivity contribution in [3.63, 3.8) is 0 Å². The number of hydrogen-bond acceptors (Lipinski definition) is 0. The van der Waals surface area contributed by atoms with Crippen molar-refractivity contribution in [1.29, 1.82) is 0 Å². The first-order valence-corrected chi connectivity index (χ1v) is 12.9. The Balaban J connectivity index is 0.000000283. The number of alkyl halides is 4. The van der Waals surface area contributed by atoms with Gasteiger partial charge in [0.2, 0.25) is 0 Å². The van der Waals surface area contributed by atoms with E-state index in [0.717, 1.165) is 10.4 Å². The summed E-state index contributed by atoms with van der Waals surface area (Å²) in [6, 6.07) is 20.8. The Morgan fingerprint density at radius 2 is 0.919 bits per heavy atom. The van der Waals surface area contributed by atoms with E-state index >= 15 is 0 Å². The van der Waals surface area contributed by atoms with Crippen molar-refractivity contribution in [3.8, 4) is 0 Å². The van der Waals surface area contributed by atoms with Crippen molar-refractivity contribution in [2.45, 2.75) is 37.4 Å². The van der Waals surface area contributed by atoms with Crippen LogP contribution in [0.3, 0.4) is 0 Å². The molecular weight excluding hydrogens is 664 g/mol. The molecule has 2 aromatic carbocycles. The molecule has 0 spiro atoms. The van der Waals surface area contributed by atoms with Crippen molar-refractivity contribution in [1.82, 2.24) is 0 Å². The van der Waals surface area contributed by atoms with Crippen LogP contribution in [0.5, 0.6) is 0 Å². The average Bonchev–Trinajstić information content (AvgIpc) is 3.32. The number of fused-ring (bicyclic) bond motifs is 2. The molecule has 0 N–H and O–H groups in total. The molecule has 0 aromatic heterocycles. The average molecular weight is 690 g/mol. The maximum Gasteiger partial charge on any atom is 2.00 e. The van der Waals surface area contributed by atoms with Gasteiger partial charge in [0.05, 0.1) is 0 Å². The summed E-state index contributed by atoms with van der Waals surface area (Å²) in [7, 11) is 0. The SMILES string of the molecule is Cc1cccc2c1=[C-]C(C)(C(Cl)Cl)C=2.Cc1cccc2c1=[C-]C(C)(C(Cl)Cl)C=2.[Cl-].[Cl-].[Zr+2].c1cc2ccc1=2. The first kappa shape index (κ1) is 34.8. The number of rotatable bonds is 2. The number of benzene rings is 3. The molecule has 2 atom stereocenters. The van der Waals surface area contributed by atoms with Crippen LogP contribution in [0.15, 0.2) is 60.7 Å². The first-order chi connectivity index (χ1) is 16.0. The summed E-state index contributed by atoms with van der Waals surface area (Å²) >= 11 is 23.8. The minimum Gasteiger partial charge on any atom is -1.00 e. The van der Waals surface area contributed by atoms with Crippen LogP contribution < -0.4 is 45.7 Å². The molecule has 4 aliphatic carbocycles. The van der Waals surface area contributed by atoms with E-state index in [1.807, 2.05) is 26.0 Å². The molecule has 6 rings (SSSR count). The molecule has 0 fully saturated rings. The van der Waals surface area contributed by atoms with Gasteiger partial charge in [0, 0.05) is 0 Å². The van der Waals surface area contributed by atoms with Gasteiger partial charge in [-0.25, -0.2) is 0 Å². The fraction of sp³-hybridized carbons (Fsp3) is 0.267. The zero-order chi connectivity index (χ0) is 24.7. The molecular formula is C30H26Cl6Zr-2. The quantitative estimate of drug-likeness (QED) is 0.202. The Kier molecular flexibility index (Phi) is 13.1. The summed E-state index contributed by atoms with van der Waals surface area (Å²) in [5, 5.41) is 7.49. The Morgan fingerprint density at radius 3 is 1.14 bits per heavy atom. The van der Waals surface area contributed by atoms with Crippen LogP contribution in [0.2, 0.25) is 0 Å². The van der Waals surface area contributed by atoms with Crippen LogP contribution in [0.1, 0.15) is 25.0 Å². The third kappa shape index (κ3) is 7.49. The smallest absolute Gasteiger partial charge is 1.00 e. The Bertz CT molecular complexity index is 1440. The van der Waals surface area contributed by atoms with Gasteiger partial charge < -0.3 is 24.8 Å². The molecule has 2 aromatic rings. The largest absolute Gasteiger partial charge is 2.00 e. The summed E-state index contributed by atoms with van der Waals surface area (Å²) in [5.41, 5.74) is 1.74. The van der Waals surface area contributed by atoms with Gasteiger partial charge in [-0.15, -0.1) is 93.3 Å². The topological polar surface area (TPSA) is 0 Å². The van der Waals surface area contributed by atoms with Gasteiger partial charge in [0.15, 0.2) is 0 Å². The molecule has 37 heavy (non-hydrogen) atoms. The molecule has 0 radical (unpaired) electrons. The van der Waals surface area contributed by atoms with Crippen molar-refractivity contribution in [2.75, 3.05) is 0 Å². The van der Waals surface area contributed by atoms with Crippen molar-refractivity contribution >= 4 is 70.7 Å². The van der Waals surface area contributed by atoms with Crippen molar-refractivity contribution < 1.29 is 51.0 Å². The van der Waals surface area contributed by atoms with E-state index in [-0.39, 0.29) is 61.8 Å². The van der Waals surface area contributed by atoms with E-state index in [4.69, 9.17) is 46.4 Å². The summed E-state index contributed by atoms with van der Waals surface area (Å²) in [4.78, 5) is -0.899. The van der Waals surface area contributed by atoms with Crippen LogP contribution in [0, 0.1) is 35.1 Å². The number of aryl methyl sites for hydroxylation is 2. The second-order valence-electron chi connectivity index (χ2n) is 9.36. The third-order valence-corrected chi connectivity index (χ3v) is 8.25. The van der Waals surface area contributed by atoms with Crippen molar-refractivity contribution in [3.05, 3.63) is 103 Å². The molecule has 0 heterocycles.